The Morgan fingerprint density at radius 2 is 2.24 bits per heavy atom. The van der Waals surface area contributed by atoms with Crippen LogP contribution in [0.15, 0.2) is 6.20 Å². The number of nitrogens with one attached hydrogen (secondary N) is 2. The molecule has 1 aliphatic carbocycles. The van der Waals surface area contributed by atoms with Crippen LogP contribution < -0.4 is 5.32 Å². The Bertz CT molecular complexity index is 354. The van der Waals surface area contributed by atoms with Crippen LogP contribution in [-0.4, -0.2) is 33.7 Å². The molecule has 1 aromatic heterocycles. The molecule has 1 saturated carbocycles. The quantitative estimate of drug-likeness (QED) is 0.804. The molecule has 0 spiro atoms. The summed E-state index contributed by atoms with van der Waals surface area (Å²) in [5.74, 6) is 1.54. The Morgan fingerprint density at radius 1 is 1.47 bits per heavy atom. The van der Waals surface area contributed by atoms with Crippen LogP contribution in [0.1, 0.15) is 36.2 Å². The van der Waals surface area contributed by atoms with Crippen LogP contribution in [0, 0.1) is 11.8 Å². The zero-order valence-corrected chi connectivity index (χ0v) is 10.4. The molecule has 0 aliphatic heterocycles. The first-order valence-corrected chi connectivity index (χ1v) is 6.54. The van der Waals surface area contributed by atoms with Crippen molar-refractivity contribution in [1.82, 2.24) is 20.7 Å². The van der Waals surface area contributed by atoms with Gasteiger partial charge in [-0.05, 0) is 24.7 Å². The Kier molecular flexibility index (Phi) is 4.36. The molecule has 1 heterocycles. The van der Waals surface area contributed by atoms with Crippen LogP contribution in [-0.2, 0) is 0 Å². The predicted octanol–water partition coefficient (Wildman–Crippen LogP) is 1.58. The molecular weight excluding hydrogens is 240 g/mol. The Balaban J connectivity index is 1.82. The zero-order chi connectivity index (χ0) is 12.1. The summed E-state index contributed by atoms with van der Waals surface area (Å²) < 4.78 is 0. The number of H-pyrrole nitrogens is 1. The maximum Gasteiger partial charge on any atom is 0.273 e. The number of nitrogens with zero attached hydrogens (tertiary/aromatic N) is 2. The third-order valence-corrected chi connectivity index (χ3v) is 3.83. The minimum atomic E-state index is -0.169. The molecule has 0 aromatic carbocycles. The fourth-order valence-corrected chi connectivity index (χ4v) is 2.79. The van der Waals surface area contributed by atoms with E-state index in [1.807, 2.05) is 0 Å². The largest absolute Gasteiger partial charge is 0.350 e. The molecule has 2 N–H and O–H groups in total. The lowest BCUT2D eigenvalue weighted by Gasteiger charge is -2.30. The SMILES string of the molecule is O=C(NCC1CCCCC1CCl)c1cn[nH]n1. The molecule has 0 saturated heterocycles. The van der Waals surface area contributed by atoms with Gasteiger partial charge in [0.2, 0.25) is 0 Å². The van der Waals surface area contributed by atoms with Gasteiger partial charge in [-0.1, -0.05) is 12.8 Å². The van der Waals surface area contributed by atoms with Gasteiger partial charge in [-0.2, -0.15) is 15.4 Å². The first-order valence-electron chi connectivity index (χ1n) is 6.01. The standard InChI is InChI=1S/C11H17ClN4O/c12-5-8-3-1-2-4-9(8)6-13-11(17)10-7-14-16-15-10/h7-9H,1-6H2,(H,13,17)(H,14,15,16). The van der Waals surface area contributed by atoms with Crippen molar-refractivity contribution in [3.8, 4) is 0 Å². The smallest absolute Gasteiger partial charge is 0.273 e. The molecule has 0 bridgehead atoms. The van der Waals surface area contributed by atoms with Crippen molar-refractivity contribution in [3.63, 3.8) is 0 Å². The highest BCUT2D eigenvalue weighted by Crippen LogP contribution is 2.30. The summed E-state index contributed by atoms with van der Waals surface area (Å²) in [4.78, 5) is 11.7. The molecule has 5 nitrogen and oxygen atoms in total. The van der Waals surface area contributed by atoms with Crippen molar-refractivity contribution in [1.29, 1.82) is 0 Å². The molecule has 2 unspecified atom stereocenters. The molecular formula is C11H17ClN4O. The minimum Gasteiger partial charge on any atom is -0.350 e. The van der Waals surface area contributed by atoms with E-state index in [1.165, 1.54) is 25.5 Å². The predicted molar refractivity (Wildman–Crippen MR) is 64.9 cm³/mol. The number of carbonyl (C=O) groups is 1. The van der Waals surface area contributed by atoms with E-state index in [9.17, 15) is 4.79 Å². The summed E-state index contributed by atoms with van der Waals surface area (Å²) in [7, 11) is 0. The second kappa shape index (κ2) is 6.00. The summed E-state index contributed by atoms with van der Waals surface area (Å²) in [6.45, 7) is 0.684. The molecule has 2 rings (SSSR count). The maximum absolute atomic E-state index is 11.7. The van der Waals surface area contributed by atoms with Gasteiger partial charge in [-0.25, -0.2) is 0 Å². The first-order chi connectivity index (χ1) is 8.31. The second-order valence-corrected chi connectivity index (χ2v) is 4.83. The Morgan fingerprint density at radius 3 is 2.88 bits per heavy atom. The van der Waals surface area contributed by atoms with E-state index in [0.29, 0.717) is 30.0 Å². The van der Waals surface area contributed by atoms with E-state index in [2.05, 4.69) is 20.7 Å². The van der Waals surface area contributed by atoms with E-state index < -0.39 is 0 Å². The number of aromatic nitrogens is 3. The highest BCUT2D eigenvalue weighted by Gasteiger charge is 2.24. The highest BCUT2D eigenvalue weighted by atomic mass is 35.5. The van der Waals surface area contributed by atoms with Crippen LogP contribution >= 0.6 is 11.6 Å². The molecule has 1 aliphatic rings. The molecule has 1 fully saturated rings. The highest BCUT2D eigenvalue weighted by molar-refractivity contribution is 6.18. The van der Waals surface area contributed by atoms with Crippen molar-refractivity contribution in [2.75, 3.05) is 12.4 Å². The molecule has 1 aromatic rings. The third-order valence-electron chi connectivity index (χ3n) is 3.44. The topological polar surface area (TPSA) is 70.7 Å². The summed E-state index contributed by atoms with van der Waals surface area (Å²) in [5, 5.41) is 12.7. The van der Waals surface area contributed by atoms with Crippen molar-refractivity contribution in [2.24, 2.45) is 11.8 Å². The molecule has 2 atom stereocenters. The van der Waals surface area contributed by atoms with Gasteiger partial charge in [0.1, 0.15) is 0 Å². The van der Waals surface area contributed by atoms with Crippen molar-refractivity contribution in [2.45, 2.75) is 25.7 Å². The van der Waals surface area contributed by atoms with Gasteiger partial charge in [0.15, 0.2) is 5.69 Å². The lowest BCUT2D eigenvalue weighted by atomic mass is 9.80. The number of alkyl halides is 1. The number of rotatable bonds is 4. The van der Waals surface area contributed by atoms with Gasteiger partial charge in [-0.3, -0.25) is 4.79 Å². The lowest BCUT2D eigenvalue weighted by molar-refractivity contribution is 0.0931. The van der Waals surface area contributed by atoms with Gasteiger partial charge in [0, 0.05) is 12.4 Å². The third kappa shape index (κ3) is 3.19. The summed E-state index contributed by atoms with van der Waals surface area (Å²) >= 11 is 5.95. The fraction of sp³-hybridized carbons (Fsp3) is 0.727. The minimum absolute atomic E-state index is 0.169. The van der Waals surface area contributed by atoms with Crippen LogP contribution in [0.5, 0.6) is 0 Å². The van der Waals surface area contributed by atoms with Crippen molar-refractivity contribution >= 4 is 17.5 Å². The monoisotopic (exact) mass is 256 g/mol. The summed E-state index contributed by atoms with van der Waals surface area (Å²) in [6, 6.07) is 0. The van der Waals surface area contributed by atoms with E-state index in [-0.39, 0.29) is 5.91 Å². The van der Waals surface area contributed by atoms with E-state index in [4.69, 9.17) is 11.6 Å². The van der Waals surface area contributed by atoms with E-state index in [0.717, 1.165) is 6.42 Å². The first kappa shape index (κ1) is 12.4. The number of amides is 1. The number of aromatic amines is 1. The fourth-order valence-electron chi connectivity index (χ4n) is 2.38. The summed E-state index contributed by atoms with van der Waals surface area (Å²) in [5.41, 5.74) is 0.336. The molecule has 17 heavy (non-hydrogen) atoms. The number of halogens is 1. The normalized spacial score (nSPS) is 24.5. The molecule has 0 radical (unpaired) electrons. The van der Waals surface area contributed by atoms with Gasteiger partial charge >= 0.3 is 0 Å². The van der Waals surface area contributed by atoms with Crippen molar-refractivity contribution in [3.05, 3.63) is 11.9 Å². The number of carbonyl (C=O) groups excluding carboxylic acids is 1. The van der Waals surface area contributed by atoms with Crippen LogP contribution in [0.2, 0.25) is 0 Å². The Hall–Kier alpha value is -1.10. The average Bonchev–Trinajstić information content (AvgIpc) is 2.90. The summed E-state index contributed by atoms with van der Waals surface area (Å²) in [6.07, 6.45) is 6.24. The van der Waals surface area contributed by atoms with Gasteiger partial charge in [-0.15, -0.1) is 11.6 Å². The van der Waals surface area contributed by atoms with Gasteiger partial charge in [0.25, 0.3) is 5.91 Å². The van der Waals surface area contributed by atoms with Crippen LogP contribution in [0.25, 0.3) is 0 Å². The number of hydrogen-bond donors (Lipinski definition) is 2. The zero-order valence-electron chi connectivity index (χ0n) is 9.66. The lowest BCUT2D eigenvalue weighted by Crippen LogP contribution is -2.35. The molecule has 1 amide bonds. The van der Waals surface area contributed by atoms with Crippen LogP contribution in [0.4, 0.5) is 0 Å². The van der Waals surface area contributed by atoms with Gasteiger partial charge < -0.3 is 5.32 Å². The van der Waals surface area contributed by atoms with Crippen molar-refractivity contribution < 1.29 is 4.79 Å². The van der Waals surface area contributed by atoms with E-state index in [1.54, 1.807) is 0 Å². The van der Waals surface area contributed by atoms with Gasteiger partial charge in [0.05, 0.1) is 6.20 Å². The van der Waals surface area contributed by atoms with E-state index >= 15 is 0 Å². The second-order valence-electron chi connectivity index (χ2n) is 4.52. The molecule has 94 valence electrons. The average molecular weight is 257 g/mol. The maximum atomic E-state index is 11.7. The number of hydrogen-bond acceptors (Lipinski definition) is 3. The Labute approximate surface area is 105 Å². The molecule has 6 heteroatoms. The van der Waals surface area contributed by atoms with Crippen LogP contribution in [0.3, 0.4) is 0 Å².